The highest BCUT2D eigenvalue weighted by atomic mass is 16.3. The summed E-state index contributed by atoms with van der Waals surface area (Å²) in [4.78, 5) is 16.9. The minimum atomic E-state index is -0.0596. The Balaban J connectivity index is 2.56. The summed E-state index contributed by atoms with van der Waals surface area (Å²) in [6.45, 7) is 11.3. The Kier molecular flexibility index (Phi) is 6.80. The fraction of sp³-hybridized carbons (Fsp3) is 0.933. The van der Waals surface area contributed by atoms with E-state index in [0.29, 0.717) is 6.04 Å². The topological polar surface area (TPSA) is 43.8 Å². The van der Waals surface area contributed by atoms with E-state index < -0.39 is 0 Å². The number of hydrogen-bond acceptors (Lipinski definition) is 3. The molecule has 112 valence electrons. The van der Waals surface area contributed by atoms with Crippen LogP contribution in [0.15, 0.2) is 0 Å². The molecule has 1 atom stereocenters. The summed E-state index contributed by atoms with van der Waals surface area (Å²) in [5, 5.41) is 9.29. The molecule has 4 nitrogen and oxygen atoms in total. The summed E-state index contributed by atoms with van der Waals surface area (Å²) < 4.78 is 0. The molecule has 1 heterocycles. The molecule has 0 radical (unpaired) electrons. The van der Waals surface area contributed by atoms with E-state index in [1.165, 1.54) is 0 Å². The lowest BCUT2D eigenvalue weighted by atomic mass is 9.94. The van der Waals surface area contributed by atoms with E-state index in [9.17, 15) is 9.90 Å². The smallest absolute Gasteiger partial charge is 0.226 e. The monoisotopic (exact) mass is 270 g/mol. The van der Waals surface area contributed by atoms with E-state index >= 15 is 0 Å². The Morgan fingerprint density at radius 2 is 1.89 bits per heavy atom. The second kappa shape index (κ2) is 7.85. The molecule has 1 rings (SSSR count). The quantitative estimate of drug-likeness (QED) is 0.799. The number of carbonyl (C=O) groups is 1. The summed E-state index contributed by atoms with van der Waals surface area (Å²) in [5.41, 5.74) is 0. The van der Waals surface area contributed by atoms with Crippen LogP contribution in [0.3, 0.4) is 0 Å². The molecular weight excluding hydrogens is 240 g/mol. The molecule has 1 amide bonds. The van der Waals surface area contributed by atoms with E-state index in [-0.39, 0.29) is 24.5 Å². The Hall–Kier alpha value is -0.610. The molecule has 1 saturated heterocycles. The molecule has 1 unspecified atom stereocenters. The predicted molar refractivity (Wildman–Crippen MR) is 78.0 cm³/mol. The molecule has 4 heteroatoms. The maximum Gasteiger partial charge on any atom is 0.226 e. The molecule has 19 heavy (non-hydrogen) atoms. The van der Waals surface area contributed by atoms with Gasteiger partial charge < -0.3 is 14.9 Å². The summed E-state index contributed by atoms with van der Waals surface area (Å²) >= 11 is 0. The van der Waals surface area contributed by atoms with Gasteiger partial charge in [-0.2, -0.15) is 0 Å². The van der Waals surface area contributed by atoms with Crippen LogP contribution < -0.4 is 0 Å². The highest BCUT2D eigenvalue weighted by Crippen LogP contribution is 2.22. The lowest BCUT2D eigenvalue weighted by Gasteiger charge is -2.37. The van der Waals surface area contributed by atoms with Crippen LogP contribution >= 0.6 is 0 Å². The molecule has 0 aromatic carbocycles. The lowest BCUT2D eigenvalue weighted by molar-refractivity contribution is -0.140. The standard InChI is InChI=1S/C15H30N2O2/c1-5-8-17(13(4)11-18)15(19)14-6-9-16(10-7-14)12(2)3/h12-14,18H,5-11H2,1-4H3. The fourth-order valence-corrected chi connectivity index (χ4v) is 2.78. The first-order valence-electron chi connectivity index (χ1n) is 7.66. The lowest BCUT2D eigenvalue weighted by Crippen LogP contribution is -2.48. The van der Waals surface area contributed by atoms with Crippen molar-refractivity contribution in [2.45, 2.75) is 59.0 Å². The molecular formula is C15H30N2O2. The Labute approximate surface area is 117 Å². The number of aliphatic hydroxyl groups excluding tert-OH is 1. The van der Waals surface area contributed by atoms with Gasteiger partial charge in [-0.1, -0.05) is 6.92 Å². The Morgan fingerprint density at radius 1 is 1.32 bits per heavy atom. The van der Waals surface area contributed by atoms with Crippen LogP contribution in [0.5, 0.6) is 0 Å². The van der Waals surface area contributed by atoms with Crippen molar-refractivity contribution < 1.29 is 9.90 Å². The van der Waals surface area contributed by atoms with Gasteiger partial charge >= 0.3 is 0 Å². The number of amides is 1. The van der Waals surface area contributed by atoms with Gasteiger partial charge in [0.2, 0.25) is 5.91 Å². The van der Waals surface area contributed by atoms with Crippen LogP contribution in [-0.2, 0) is 4.79 Å². The average molecular weight is 270 g/mol. The van der Waals surface area contributed by atoms with Gasteiger partial charge in [0.1, 0.15) is 0 Å². The van der Waals surface area contributed by atoms with Gasteiger partial charge in [0, 0.05) is 18.5 Å². The molecule has 1 aliphatic heterocycles. The number of carbonyl (C=O) groups excluding carboxylic acids is 1. The zero-order chi connectivity index (χ0) is 14.4. The van der Waals surface area contributed by atoms with Crippen LogP contribution in [0.25, 0.3) is 0 Å². The summed E-state index contributed by atoms with van der Waals surface area (Å²) in [5.74, 6) is 0.391. The third-order valence-electron chi connectivity index (χ3n) is 4.15. The van der Waals surface area contributed by atoms with Crippen LogP contribution in [0.1, 0.15) is 47.0 Å². The first-order chi connectivity index (χ1) is 9.01. The first kappa shape index (κ1) is 16.4. The molecule has 0 aliphatic carbocycles. The Morgan fingerprint density at radius 3 is 2.32 bits per heavy atom. The molecule has 1 fully saturated rings. The van der Waals surface area contributed by atoms with Gasteiger partial charge in [-0.25, -0.2) is 0 Å². The average Bonchev–Trinajstić information content (AvgIpc) is 2.43. The molecule has 0 spiro atoms. The summed E-state index contributed by atoms with van der Waals surface area (Å²) in [7, 11) is 0. The molecule has 0 saturated carbocycles. The van der Waals surface area contributed by atoms with Gasteiger partial charge in [-0.15, -0.1) is 0 Å². The highest BCUT2D eigenvalue weighted by molar-refractivity contribution is 5.79. The molecule has 0 bridgehead atoms. The van der Waals surface area contributed by atoms with Crippen molar-refractivity contribution in [2.75, 3.05) is 26.2 Å². The van der Waals surface area contributed by atoms with Crippen molar-refractivity contribution in [1.29, 1.82) is 0 Å². The number of aliphatic hydroxyl groups is 1. The minimum Gasteiger partial charge on any atom is -0.394 e. The summed E-state index contributed by atoms with van der Waals surface area (Å²) in [6.07, 6.45) is 2.85. The van der Waals surface area contributed by atoms with Crippen molar-refractivity contribution in [3.05, 3.63) is 0 Å². The van der Waals surface area contributed by atoms with Crippen molar-refractivity contribution in [3.8, 4) is 0 Å². The third kappa shape index (κ3) is 4.46. The SMILES string of the molecule is CCCN(C(=O)C1CCN(C(C)C)CC1)C(C)CO. The highest BCUT2D eigenvalue weighted by Gasteiger charge is 2.30. The normalized spacial score (nSPS) is 19.7. The van der Waals surface area contributed by atoms with Crippen molar-refractivity contribution >= 4 is 5.91 Å². The number of piperidine rings is 1. The number of hydrogen-bond donors (Lipinski definition) is 1. The molecule has 0 aromatic rings. The first-order valence-corrected chi connectivity index (χ1v) is 7.66. The minimum absolute atomic E-state index is 0.0522. The second-order valence-corrected chi connectivity index (χ2v) is 5.97. The van der Waals surface area contributed by atoms with Crippen LogP contribution in [0, 0.1) is 5.92 Å². The van der Waals surface area contributed by atoms with Gasteiger partial charge in [0.25, 0.3) is 0 Å². The van der Waals surface area contributed by atoms with Crippen molar-refractivity contribution in [1.82, 2.24) is 9.80 Å². The fourth-order valence-electron chi connectivity index (χ4n) is 2.78. The Bertz CT molecular complexity index is 273. The van der Waals surface area contributed by atoms with Gasteiger partial charge in [0.05, 0.1) is 12.6 Å². The molecule has 1 aliphatic rings. The maximum atomic E-state index is 12.6. The van der Waals surface area contributed by atoms with Gasteiger partial charge in [0.15, 0.2) is 0 Å². The number of rotatable bonds is 6. The van der Waals surface area contributed by atoms with Crippen LogP contribution in [0.2, 0.25) is 0 Å². The van der Waals surface area contributed by atoms with Crippen LogP contribution in [0.4, 0.5) is 0 Å². The number of likely N-dealkylation sites (tertiary alicyclic amines) is 1. The van der Waals surface area contributed by atoms with E-state index in [1.807, 2.05) is 11.8 Å². The molecule has 0 aromatic heterocycles. The maximum absolute atomic E-state index is 12.6. The predicted octanol–water partition coefficient (Wildman–Crippen LogP) is 1.73. The summed E-state index contributed by atoms with van der Waals surface area (Å²) in [6, 6.07) is 0.509. The van der Waals surface area contributed by atoms with Gasteiger partial charge in [-0.3, -0.25) is 4.79 Å². The zero-order valence-electron chi connectivity index (χ0n) is 12.9. The largest absolute Gasteiger partial charge is 0.394 e. The zero-order valence-corrected chi connectivity index (χ0v) is 12.9. The van der Waals surface area contributed by atoms with Crippen LogP contribution in [-0.4, -0.2) is 59.1 Å². The van der Waals surface area contributed by atoms with Gasteiger partial charge in [-0.05, 0) is 53.1 Å². The second-order valence-electron chi connectivity index (χ2n) is 5.97. The van der Waals surface area contributed by atoms with Crippen molar-refractivity contribution in [2.24, 2.45) is 5.92 Å². The van der Waals surface area contributed by atoms with E-state index in [2.05, 4.69) is 25.7 Å². The van der Waals surface area contributed by atoms with E-state index in [4.69, 9.17) is 0 Å². The third-order valence-corrected chi connectivity index (χ3v) is 4.15. The van der Waals surface area contributed by atoms with E-state index in [0.717, 1.165) is 38.9 Å². The van der Waals surface area contributed by atoms with Crippen molar-refractivity contribution in [3.63, 3.8) is 0 Å². The molecule has 1 N–H and O–H groups in total. The van der Waals surface area contributed by atoms with E-state index in [1.54, 1.807) is 0 Å². The number of nitrogens with zero attached hydrogens (tertiary/aromatic N) is 2.